The van der Waals surface area contributed by atoms with Gasteiger partial charge in [0.15, 0.2) is 0 Å². The van der Waals surface area contributed by atoms with E-state index < -0.39 is 0 Å². The summed E-state index contributed by atoms with van der Waals surface area (Å²) in [5, 5.41) is 0. The molecule has 0 heterocycles. The molecule has 0 aliphatic heterocycles. The first-order valence-electron chi connectivity index (χ1n) is 25.8. The van der Waals surface area contributed by atoms with Crippen molar-refractivity contribution in [1.82, 2.24) is 0 Å². The van der Waals surface area contributed by atoms with Crippen molar-refractivity contribution < 1.29 is 0 Å². The van der Waals surface area contributed by atoms with Gasteiger partial charge in [0, 0.05) is 6.42 Å². The van der Waals surface area contributed by atoms with Crippen molar-refractivity contribution in [2.75, 3.05) is 0 Å². The molecule has 0 atom stereocenters. The minimum absolute atomic E-state index is 0.855. The predicted molar refractivity (Wildman–Crippen MR) is 271 cm³/mol. The summed E-state index contributed by atoms with van der Waals surface area (Å²) in [6.45, 7) is 9.10. The van der Waals surface area contributed by atoms with Crippen LogP contribution in [0.2, 0.25) is 0 Å². The summed E-state index contributed by atoms with van der Waals surface area (Å²) in [5.41, 5.74) is 6.66. The molecule has 2 aromatic rings. The van der Waals surface area contributed by atoms with Gasteiger partial charge in [-0.1, -0.05) is 223 Å². The number of para-hydroxylation sites is 2. The van der Waals surface area contributed by atoms with E-state index in [9.17, 15) is 0 Å². The van der Waals surface area contributed by atoms with Crippen molar-refractivity contribution >= 4 is 22.8 Å². The van der Waals surface area contributed by atoms with Gasteiger partial charge in [-0.25, -0.2) is 4.99 Å². The molecule has 334 valence electrons. The van der Waals surface area contributed by atoms with Crippen molar-refractivity contribution in [1.29, 1.82) is 0 Å². The van der Waals surface area contributed by atoms with Gasteiger partial charge in [-0.3, -0.25) is 4.99 Å². The third-order valence-electron chi connectivity index (χ3n) is 11.8. The van der Waals surface area contributed by atoms with E-state index in [1.807, 2.05) is 0 Å². The van der Waals surface area contributed by atoms with Crippen molar-refractivity contribution in [2.45, 2.75) is 246 Å². The molecule has 0 saturated carbocycles. The monoisotopic (exact) mass is 817 g/mol. The highest BCUT2D eigenvalue weighted by Crippen LogP contribution is 2.25. The molecule has 0 amide bonds. The molecule has 0 aliphatic carbocycles. The fraction of sp³-hybridized carbons (Fsp3) is 0.655. The van der Waals surface area contributed by atoms with Gasteiger partial charge in [-0.2, -0.15) is 0 Å². The van der Waals surface area contributed by atoms with E-state index in [0.717, 1.165) is 99.8 Å². The summed E-state index contributed by atoms with van der Waals surface area (Å²) >= 11 is 0. The fourth-order valence-corrected chi connectivity index (χ4v) is 7.87. The second kappa shape index (κ2) is 39.9. The maximum Gasteiger partial charge on any atom is 0.135 e. The summed E-state index contributed by atoms with van der Waals surface area (Å²) < 4.78 is 0. The minimum atomic E-state index is 0.855. The lowest BCUT2D eigenvalue weighted by Crippen LogP contribution is -2.13. The minimum Gasteiger partial charge on any atom is -0.250 e. The highest BCUT2D eigenvalue weighted by Gasteiger charge is 2.12. The molecule has 2 heteroatoms. The lowest BCUT2D eigenvalue weighted by molar-refractivity contribution is 0.557. The Labute approximate surface area is 373 Å². The molecular formula is C58H92N2. The van der Waals surface area contributed by atoms with E-state index in [2.05, 4.69) is 112 Å². The smallest absolute Gasteiger partial charge is 0.135 e. The zero-order chi connectivity index (χ0) is 42.8. The number of hydrogen-bond donors (Lipinski definition) is 0. The van der Waals surface area contributed by atoms with Crippen LogP contribution in [-0.4, -0.2) is 11.4 Å². The first-order valence-corrected chi connectivity index (χ1v) is 25.8. The van der Waals surface area contributed by atoms with Gasteiger partial charge in [-0.15, -0.1) is 0 Å². The molecule has 60 heavy (non-hydrogen) atoms. The molecule has 0 bridgehead atoms. The van der Waals surface area contributed by atoms with Crippen LogP contribution in [0.3, 0.4) is 0 Å². The summed E-state index contributed by atoms with van der Waals surface area (Å²) in [6.07, 6.45) is 52.9. The largest absolute Gasteiger partial charge is 0.250 e. The molecule has 0 saturated heterocycles. The number of allylic oxidation sites excluding steroid dienone is 4. The normalized spacial score (nSPS) is 12.2. The molecule has 0 spiro atoms. The van der Waals surface area contributed by atoms with E-state index in [1.165, 1.54) is 152 Å². The van der Waals surface area contributed by atoms with Crippen LogP contribution in [0.4, 0.5) is 11.4 Å². The van der Waals surface area contributed by atoms with E-state index in [4.69, 9.17) is 9.98 Å². The second-order valence-corrected chi connectivity index (χ2v) is 17.5. The highest BCUT2D eigenvalue weighted by molar-refractivity contribution is 6.49. The van der Waals surface area contributed by atoms with E-state index in [1.54, 1.807) is 0 Å². The Hall–Kier alpha value is -3.18. The van der Waals surface area contributed by atoms with Crippen LogP contribution in [0.15, 0.2) is 82.8 Å². The van der Waals surface area contributed by atoms with Crippen LogP contribution in [0.25, 0.3) is 0 Å². The van der Waals surface area contributed by atoms with Gasteiger partial charge in [0.2, 0.25) is 0 Å². The van der Waals surface area contributed by atoms with Crippen LogP contribution < -0.4 is 0 Å². The van der Waals surface area contributed by atoms with Crippen molar-refractivity contribution in [3.63, 3.8) is 0 Å². The molecule has 2 nitrogen and oxygen atoms in total. The Morgan fingerprint density at radius 3 is 1.25 bits per heavy atom. The summed E-state index contributed by atoms with van der Waals surface area (Å²) in [4.78, 5) is 10.8. The Kier molecular flexibility index (Phi) is 35.2. The first kappa shape index (κ1) is 53.0. The predicted octanol–water partition coefficient (Wildman–Crippen LogP) is 19.3. The van der Waals surface area contributed by atoms with Gasteiger partial charge in [-0.05, 0) is 113 Å². The van der Waals surface area contributed by atoms with E-state index in [-0.39, 0.29) is 0 Å². The van der Waals surface area contributed by atoms with Crippen molar-refractivity contribution in [2.24, 2.45) is 9.98 Å². The van der Waals surface area contributed by atoms with E-state index >= 15 is 0 Å². The molecule has 0 aromatic heterocycles. The van der Waals surface area contributed by atoms with Crippen LogP contribution in [-0.2, 0) is 12.8 Å². The lowest BCUT2D eigenvalue weighted by Gasteiger charge is -2.11. The Morgan fingerprint density at radius 2 is 0.800 bits per heavy atom. The molecule has 2 rings (SSSR count). The highest BCUT2D eigenvalue weighted by atomic mass is 14.8. The van der Waals surface area contributed by atoms with Crippen molar-refractivity contribution in [3.8, 4) is 11.8 Å². The maximum atomic E-state index is 5.41. The summed E-state index contributed by atoms with van der Waals surface area (Å²) in [7, 11) is 0. The lowest BCUT2D eigenvalue weighted by atomic mass is 10.0. The third-order valence-corrected chi connectivity index (χ3v) is 11.8. The number of unbranched alkanes of at least 4 members (excludes halogenated alkanes) is 25. The number of benzene rings is 2. The molecule has 0 radical (unpaired) electrons. The number of nitrogens with zero attached hydrogens (tertiary/aromatic N) is 2. The zero-order valence-electron chi connectivity index (χ0n) is 39.9. The second-order valence-electron chi connectivity index (χ2n) is 17.5. The number of aryl methyl sites for hydroxylation is 2. The van der Waals surface area contributed by atoms with E-state index in [0.29, 0.717) is 0 Å². The molecule has 0 fully saturated rings. The van der Waals surface area contributed by atoms with Gasteiger partial charge in [0.1, 0.15) is 5.71 Å². The molecule has 0 unspecified atom stereocenters. The number of rotatable bonds is 38. The third kappa shape index (κ3) is 28.4. The molecule has 2 aromatic carbocycles. The molecule has 0 N–H and O–H groups in total. The van der Waals surface area contributed by atoms with Gasteiger partial charge >= 0.3 is 0 Å². The van der Waals surface area contributed by atoms with Gasteiger partial charge < -0.3 is 0 Å². The van der Waals surface area contributed by atoms with Gasteiger partial charge in [0.05, 0.1) is 17.1 Å². The Balaban J connectivity index is 1.99. The quantitative estimate of drug-likeness (QED) is 0.0279. The zero-order valence-corrected chi connectivity index (χ0v) is 39.9. The van der Waals surface area contributed by atoms with Gasteiger partial charge in [0.25, 0.3) is 0 Å². The Morgan fingerprint density at radius 1 is 0.417 bits per heavy atom. The summed E-state index contributed by atoms with van der Waals surface area (Å²) in [5.74, 6) is 7.04. The van der Waals surface area contributed by atoms with Crippen LogP contribution >= 0.6 is 0 Å². The topological polar surface area (TPSA) is 24.7 Å². The number of aliphatic imine (C=N–C) groups is 2. The van der Waals surface area contributed by atoms with Crippen LogP contribution in [0.5, 0.6) is 0 Å². The molecule has 0 aliphatic rings. The van der Waals surface area contributed by atoms with Crippen molar-refractivity contribution in [3.05, 3.63) is 84.0 Å². The Bertz CT molecular complexity index is 1480. The maximum absolute atomic E-state index is 5.41. The SMILES string of the molecule is CCCCC#CC(=Nc1ccccc1CCCC=CCCCCCCCCCCCC)C(CCCC)=Nc1ccccc1CCCC=CCCCCCCCCCCCC. The average Bonchev–Trinajstić information content (AvgIpc) is 3.27. The standard InChI is InChI=1S/C58H92N2/c1-5-9-13-16-18-20-22-24-26-28-30-32-34-36-38-45-53-47-41-43-50-55(53)59-57(49-12-8-4)58(52-40-15-11-7-3)60-56-51-44-42-48-54(56)46-39-37-35-33-31-29-27-25-23-21-19-17-14-10-6-2/h32-35,41-44,47-48,50-51H,5-31,36-39,45-46,49H2,1-4H3. The van der Waals surface area contributed by atoms with Crippen LogP contribution in [0, 0.1) is 11.8 Å². The fourth-order valence-electron chi connectivity index (χ4n) is 7.87. The number of hydrogen-bond acceptors (Lipinski definition) is 2. The first-order chi connectivity index (χ1) is 29.7. The molecular weight excluding hydrogens is 725 g/mol. The average molecular weight is 817 g/mol. The summed E-state index contributed by atoms with van der Waals surface area (Å²) in [6, 6.07) is 17.5. The van der Waals surface area contributed by atoms with Crippen LogP contribution in [0.1, 0.15) is 244 Å².